The van der Waals surface area contributed by atoms with Crippen molar-refractivity contribution in [2.75, 3.05) is 6.54 Å². The largest absolute Gasteiger partial charge is 0.393 e. The summed E-state index contributed by atoms with van der Waals surface area (Å²) in [6, 6.07) is 8.62. The van der Waals surface area contributed by atoms with E-state index in [9.17, 15) is 15.0 Å². The van der Waals surface area contributed by atoms with E-state index in [0.717, 1.165) is 32.1 Å². The van der Waals surface area contributed by atoms with Crippen LogP contribution in [0.1, 0.15) is 48.0 Å². The zero-order valence-corrected chi connectivity index (χ0v) is 15.7. The van der Waals surface area contributed by atoms with Crippen LogP contribution in [0.2, 0.25) is 0 Å². The molecule has 3 aliphatic heterocycles. The molecular formula is C22H28N2O3. The zero-order chi connectivity index (χ0) is 18.8. The number of carbonyl (C=O) groups excluding carboxylic acids is 1. The van der Waals surface area contributed by atoms with Crippen LogP contribution in [-0.4, -0.2) is 57.9 Å². The molecule has 3 heterocycles. The minimum absolute atomic E-state index is 0.130. The second-order valence-corrected chi connectivity index (χ2v) is 8.84. The molecule has 4 bridgehead atoms. The Morgan fingerprint density at radius 3 is 2.74 bits per heavy atom. The number of aliphatic hydroxyl groups is 2. The van der Waals surface area contributed by atoms with Gasteiger partial charge in [0.05, 0.1) is 12.1 Å². The lowest BCUT2D eigenvalue weighted by Crippen LogP contribution is -2.44. The van der Waals surface area contributed by atoms with Crippen LogP contribution in [0, 0.1) is 11.8 Å². The Morgan fingerprint density at radius 2 is 2.07 bits per heavy atom. The van der Waals surface area contributed by atoms with Gasteiger partial charge in [0, 0.05) is 36.0 Å². The molecule has 5 heteroatoms. The average molecular weight is 368 g/mol. The van der Waals surface area contributed by atoms with Crippen molar-refractivity contribution in [2.45, 2.75) is 62.1 Å². The second-order valence-electron chi connectivity index (χ2n) is 8.84. The molecule has 0 radical (unpaired) electrons. The maximum atomic E-state index is 11.3. The van der Waals surface area contributed by atoms with Crippen molar-refractivity contribution in [3.05, 3.63) is 47.5 Å². The molecular weight excluding hydrogens is 340 g/mol. The quantitative estimate of drug-likeness (QED) is 0.405. The van der Waals surface area contributed by atoms with Crippen molar-refractivity contribution in [1.82, 2.24) is 10.2 Å². The maximum absolute atomic E-state index is 11.3. The van der Waals surface area contributed by atoms with Crippen LogP contribution in [0.4, 0.5) is 0 Å². The summed E-state index contributed by atoms with van der Waals surface area (Å²) >= 11 is 0. The van der Waals surface area contributed by atoms with Gasteiger partial charge in [-0.15, -0.1) is 0 Å². The van der Waals surface area contributed by atoms with Crippen molar-refractivity contribution in [3.63, 3.8) is 0 Å². The average Bonchev–Trinajstić information content (AvgIpc) is 2.99. The van der Waals surface area contributed by atoms with Gasteiger partial charge < -0.3 is 15.5 Å². The first-order chi connectivity index (χ1) is 13.0. The number of piperidine rings is 1. The highest BCUT2D eigenvalue weighted by atomic mass is 16.3. The van der Waals surface area contributed by atoms with Gasteiger partial charge in [-0.2, -0.15) is 0 Å². The normalized spacial score (nSPS) is 45.1. The van der Waals surface area contributed by atoms with Crippen molar-refractivity contribution < 1.29 is 15.0 Å². The number of benzene rings is 1. The Labute approximate surface area is 160 Å². The molecule has 3 fully saturated rings. The Bertz CT molecular complexity index is 763. The summed E-state index contributed by atoms with van der Waals surface area (Å²) in [7, 11) is 0. The first-order valence-corrected chi connectivity index (χ1v) is 10.2. The smallest absolute Gasteiger partial charge is 0.150 e. The minimum atomic E-state index is -0.717. The Kier molecular flexibility index (Phi) is 4.06. The summed E-state index contributed by atoms with van der Waals surface area (Å²) in [6.07, 6.45) is 7.88. The zero-order valence-electron chi connectivity index (χ0n) is 15.7. The van der Waals surface area contributed by atoms with Gasteiger partial charge in [-0.1, -0.05) is 43.3 Å². The van der Waals surface area contributed by atoms with Crippen LogP contribution in [0.5, 0.6) is 0 Å². The molecule has 2 aliphatic carbocycles. The number of nitrogens with one attached hydrogen (secondary N) is 1. The van der Waals surface area contributed by atoms with Crippen LogP contribution < -0.4 is 5.32 Å². The summed E-state index contributed by atoms with van der Waals surface area (Å²) in [6.45, 7) is 3.02. The number of aldehydes is 1. The molecule has 2 saturated heterocycles. The molecule has 27 heavy (non-hydrogen) atoms. The van der Waals surface area contributed by atoms with Gasteiger partial charge in [0.1, 0.15) is 12.0 Å². The van der Waals surface area contributed by atoms with E-state index >= 15 is 0 Å². The molecule has 5 nitrogen and oxygen atoms in total. The van der Waals surface area contributed by atoms with Gasteiger partial charge in [0.15, 0.2) is 0 Å². The van der Waals surface area contributed by atoms with Crippen molar-refractivity contribution in [3.8, 4) is 0 Å². The molecule has 1 aromatic rings. The minimum Gasteiger partial charge on any atom is -0.393 e. The van der Waals surface area contributed by atoms with Gasteiger partial charge in [0.25, 0.3) is 0 Å². The van der Waals surface area contributed by atoms with E-state index in [2.05, 4.69) is 29.3 Å². The first kappa shape index (κ1) is 17.6. The van der Waals surface area contributed by atoms with Crippen LogP contribution >= 0.6 is 0 Å². The lowest BCUT2D eigenvalue weighted by molar-refractivity contribution is 0.0510. The number of aliphatic hydroxyl groups excluding tert-OH is 1. The van der Waals surface area contributed by atoms with Gasteiger partial charge >= 0.3 is 0 Å². The van der Waals surface area contributed by atoms with E-state index in [4.69, 9.17) is 0 Å². The number of carbonyl (C=O) groups is 1. The molecule has 0 spiro atoms. The predicted octanol–water partition coefficient (Wildman–Crippen LogP) is 1.66. The fraction of sp³-hybridized carbons (Fsp3) is 0.591. The Morgan fingerprint density at radius 1 is 1.30 bits per heavy atom. The van der Waals surface area contributed by atoms with Crippen LogP contribution in [0.25, 0.3) is 0 Å². The summed E-state index contributed by atoms with van der Waals surface area (Å²) in [5, 5.41) is 24.7. The van der Waals surface area contributed by atoms with E-state index in [1.807, 2.05) is 24.3 Å². The Balaban J connectivity index is 1.33. The van der Waals surface area contributed by atoms with Gasteiger partial charge in [0.2, 0.25) is 0 Å². The van der Waals surface area contributed by atoms with Crippen LogP contribution in [-0.2, 0) is 0 Å². The highest BCUT2D eigenvalue weighted by molar-refractivity contribution is 5.74. The van der Waals surface area contributed by atoms with Gasteiger partial charge in [-0.3, -0.25) is 9.69 Å². The lowest BCUT2D eigenvalue weighted by atomic mass is 9.74. The highest BCUT2D eigenvalue weighted by Crippen LogP contribution is 2.63. The van der Waals surface area contributed by atoms with Crippen molar-refractivity contribution >= 4 is 6.29 Å². The fourth-order valence-electron chi connectivity index (χ4n) is 5.97. The third kappa shape index (κ3) is 2.56. The molecule has 5 aliphatic rings. The van der Waals surface area contributed by atoms with E-state index in [1.165, 1.54) is 5.56 Å². The summed E-state index contributed by atoms with van der Waals surface area (Å²) in [5.74, 6) is 0.794. The molecule has 1 unspecified atom stereocenters. The topological polar surface area (TPSA) is 72.6 Å². The number of nitrogens with zero attached hydrogens (tertiary/aromatic N) is 1. The lowest BCUT2D eigenvalue weighted by Gasteiger charge is -2.35. The Hall–Kier alpha value is -1.53. The number of rotatable bonds is 6. The van der Waals surface area contributed by atoms with Crippen LogP contribution in [0.15, 0.2) is 36.4 Å². The highest BCUT2D eigenvalue weighted by Gasteiger charge is 2.77. The fourth-order valence-corrected chi connectivity index (χ4v) is 5.97. The molecule has 3 N–H and O–H groups in total. The van der Waals surface area contributed by atoms with E-state index in [1.54, 1.807) is 0 Å². The maximum Gasteiger partial charge on any atom is 0.150 e. The molecule has 1 aromatic carbocycles. The van der Waals surface area contributed by atoms with Crippen molar-refractivity contribution in [2.24, 2.45) is 11.8 Å². The summed E-state index contributed by atoms with van der Waals surface area (Å²) < 4.78 is 0. The second kappa shape index (κ2) is 6.24. The summed E-state index contributed by atoms with van der Waals surface area (Å²) in [5.41, 5.74) is 1.19. The molecule has 6 rings (SSSR count). The first-order valence-electron chi connectivity index (χ1n) is 10.2. The molecule has 144 valence electrons. The molecule has 0 aromatic heterocycles. The predicted molar refractivity (Wildman–Crippen MR) is 102 cm³/mol. The molecule has 0 amide bonds. The summed E-state index contributed by atoms with van der Waals surface area (Å²) in [4.78, 5) is 13.2. The third-order valence-corrected chi connectivity index (χ3v) is 7.46. The van der Waals surface area contributed by atoms with Gasteiger partial charge in [-0.05, 0) is 30.7 Å². The third-order valence-electron chi connectivity index (χ3n) is 7.46. The molecule has 1 saturated carbocycles. The van der Waals surface area contributed by atoms with E-state index in [-0.39, 0.29) is 30.0 Å². The SMILES string of the molecule is C[C@H](c1ccc(C=O)cc1)[C@H]1[C@@H]2C=C[C@@H]3N1[C@]3(O)[C@H]2CN[C@@H]1CC[C@H](O)C1. The van der Waals surface area contributed by atoms with E-state index < -0.39 is 5.72 Å². The van der Waals surface area contributed by atoms with E-state index in [0.29, 0.717) is 17.5 Å². The number of hydrogen-bond acceptors (Lipinski definition) is 5. The monoisotopic (exact) mass is 368 g/mol. The standard InChI is InChI=1S/C22H28N2O3/c1-13(15-4-2-14(12-25)3-5-15)21-18-8-9-20-22(27,24(20)21)19(18)11-23-16-6-7-17(26)10-16/h2-5,8-9,12-13,16-21,23,26-27H,6-7,10-11H2,1H3/t13-,16-,17+,18-,19+,20+,21+,22+,24?/m1/s1. The number of hydrogen-bond donors (Lipinski definition) is 3. The van der Waals surface area contributed by atoms with Crippen molar-refractivity contribution in [1.29, 1.82) is 0 Å². The van der Waals surface area contributed by atoms with Crippen LogP contribution in [0.3, 0.4) is 0 Å². The molecule has 9 atom stereocenters. The van der Waals surface area contributed by atoms with Gasteiger partial charge in [-0.25, -0.2) is 0 Å².